The van der Waals surface area contributed by atoms with Gasteiger partial charge in [0.15, 0.2) is 5.79 Å². The molecule has 1 amide bonds. The number of carbonyl (C=O) groups is 3. The number of nitrogens with one attached hydrogen (secondary N) is 3. The third-order valence-corrected chi connectivity index (χ3v) is 12.6. The number of hydrogen-bond donors (Lipinski definition) is 5. The smallest absolute Gasteiger partial charge is 0.349 e. The molecule has 1 saturated heterocycles. The van der Waals surface area contributed by atoms with Crippen LogP contribution in [0.25, 0.3) is 0 Å². The molecule has 1 aromatic heterocycles. The number of aliphatic hydroxyl groups excluding tert-OH is 1. The standard InChI is InChI=1S/C42H72N5O11P/c1-8-9-10-11-12-13-14-15-16-17-18-19-20-21-22-23-35(48)43-34-24-25-47(41(52)44-34)38-36-37(49)33(58-42(36,38)53)28-57-59(54,45-31(26-29(2)3)39(50)55-6)46-32(27-30(4)5)40(51)56-7/h15-16,24-25,29-33,36-38,49,53H,8-14,17-23,26-28H2,1-7H3,(H2,45,46,54)(H,43,44,48,52)/b16-15+/t31-,32-,33+,36?,37?,38-,42?/m0/s1. The molecule has 0 radical (unpaired) electrons. The summed E-state index contributed by atoms with van der Waals surface area (Å²) in [6.07, 6.45) is 19.3. The molecule has 1 aliphatic heterocycles. The van der Waals surface area contributed by atoms with Crippen LogP contribution in [0.1, 0.15) is 143 Å². The van der Waals surface area contributed by atoms with Gasteiger partial charge >= 0.3 is 25.3 Å². The Morgan fingerprint density at radius 2 is 1.42 bits per heavy atom. The first-order valence-electron chi connectivity index (χ1n) is 21.7. The Labute approximate surface area is 350 Å². The summed E-state index contributed by atoms with van der Waals surface area (Å²) >= 11 is 0. The predicted molar refractivity (Wildman–Crippen MR) is 225 cm³/mol. The van der Waals surface area contributed by atoms with Gasteiger partial charge in [0.05, 0.1) is 32.8 Å². The second kappa shape index (κ2) is 25.1. The summed E-state index contributed by atoms with van der Waals surface area (Å²) in [7, 11) is -1.88. The molecule has 1 aromatic rings. The van der Waals surface area contributed by atoms with Crippen molar-refractivity contribution in [1.82, 2.24) is 19.7 Å². The fourth-order valence-corrected chi connectivity index (χ4v) is 9.40. The molecule has 336 valence electrons. The Hall–Kier alpha value is -2.98. The van der Waals surface area contributed by atoms with E-state index < -0.39 is 73.9 Å². The van der Waals surface area contributed by atoms with Gasteiger partial charge in [-0.25, -0.2) is 15.0 Å². The summed E-state index contributed by atoms with van der Waals surface area (Å²) in [5.74, 6) is -4.51. The number of carbonyl (C=O) groups excluding carboxylic acids is 3. The van der Waals surface area contributed by atoms with Crippen molar-refractivity contribution in [1.29, 1.82) is 0 Å². The van der Waals surface area contributed by atoms with Crippen molar-refractivity contribution in [2.75, 3.05) is 26.1 Å². The zero-order valence-electron chi connectivity index (χ0n) is 36.4. The number of allylic oxidation sites excluding steroid dienone is 2. The first-order chi connectivity index (χ1) is 28.1. The predicted octanol–water partition coefficient (Wildman–Crippen LogP) is 6.32. The number of aromatic nitrogens is 2. The average molecular weight is 854 g/mol. The van der Waals surface area contributed by atoms with Gasteiger partial charge in [0.2, 0.25) is 5.91 Å². The number of aliphatic hydroxyl groups is 2. The van der Waals surface area contributed by atoms with Crippen LogP contribution in [-0.4, -0.2) is 88.5 Å². The van der Waals surface area contributed by atoms with E-state index in [0.29, 0.717) is 6.42 Å². The number of ether oxygens (including phenoxy) is 3. The Bertz CT molecular complexity index is 1570. The largest absolute Gasteiger partial charge is 0.468 e. The molecule has 0 aromatic carbocycles. The molecular formula is C42H72N5O11P. The van der Waals surface area contributed by atoms with Crippen LogP contribution in [0.15, 0.2) is 29.2 Å². The fraction of sp³-hybridized carbons (Fsp3) is 0.786. The lowest BCUT2D eigenvalue weighted by molar-refractivity contribution is -0.161. The monoisotopic (exact) mass is 853 g/mol. The van der Waals surface area contributed by atoms with E-state index in [1.807, 2.05) is 27.7 Å². The molecule has 17 heteroatoms. The highest BCUT2D eigenvalue weighted by molar-refractivity contribution is 7.54. The van der Waals surface area contributed by atoms with E-state index in [1.165, 1.54) is 65.0 Å². The van der Waals surface area contributed by atoms with Crippen LogP contribution in [0.2, 0.25) is 0 Å². The molecule has 0 bridgehead atoms. The van der Waals surface area contributed by atoms with Crippen molar-refractivity contribution < 1.29 is 47.9 Å². The van der Waals surface area contributed by atoms with Gasteiger partial charge in [0, 0.05) is 12.6 Å². The average Bonchev–Trinajstić information content (AvgIpc) is 3.69. The van der Waals surface area contributed by atoms with E-state index in [4.69, 9.17) is 18.7 Å². The molecule has 16 nitrogen and oxygen atoms in total. The number of anilines is 1. The van der Waals surface area contributed by atoms with E-state index in [1.54, 1.807) is 0 Å². The van der Waals surface area contributed by atoms with Crippen LogP contribution < -0.4 is 21.2 Å². The quantitative estimate of drug-likeness (QED) is 0.0248. The second-order valence-corrected chi connectivity index (χ2v) is 18.6. The molecule has 0 spiro atoms. The minimum Gasteiger partial charge on any atom is -0.468 e. The Kier molecular flexibility index (Phi) is 21.4. The normalized spacial score (nSPS) is 22.4. The van der Waals surface area contributed by atoms with E-state index >= 15 is 0 Å². The summed E-state index contributed by atoms with van der Waals surface area (Å²) in [6, 6.07) is -1.69. The maximum Gasteiger partial charge on any atom is 0.349 e. The third kappa shape index (κ3) is 16.1. The van der Waals surface area contributed by atoms with Crippen LogP contribution in [0.5, 0.6) is 0 Å². The van der Waals surface area contributed by atoms with Crippen molar-refractivity contribution >= 4 is 31.3 Å². The van der Waals surface area contributed by atoms with Gasteiger partial charge in [0.1, 0.15) is 30.0 Å². The first kappa shape index (κ1) is 50.4. The molecule has 59 heavy (non-hydrogen) atoms. The SMILES string of the molecule is CCCCCCCC/C=C/CCCCCCCC(=O)Nc1ccn([C@H]2C3C(O)[C@@H](COP(=O)(N[C@@H](CC(C)C)C(=O)OC)N[C@@H](CC(C)C)C(=O)OC)OC32O)c(=O)n1. The summed E-state index contributed by atoms with van der Waals surface area (Å²) in [4.78, 5) is 54.9. The van der Waals surface area contributed by atoms with Crippen LogP contribution >= 0.6 is 7.67 Å². The topological polar surface area (TPSA) is 217 Å². The number of hydrogen-bond acceptors (Lipinski definition) is 12. The Morgan fingerprint density at radius 1 is 0.898 bits per heavy atom. The van der Waals surface area contributed by atoms with E-state index in [9.17, 15) is 34.0 Å². The van der Waals surface area contributed by atoms with Crippen molar-refractivity contribution in [2.24, 2.45) is 17.8 Å². The van der Waals surface area contributed by atoms with E-state index in [2.05, 4.69) is 39.6 Å². The molecule has 2 heterocycles. The lowest BCUT2D eigenvalue weighted by Gasteiger charge is -2.30. The number of esters is 2. The molecule has 2 aliphatic rings. The highest BCUT2D eigenvalue weighted by atomic mass is 31.2. The lowest BCUT2D eigenvalue weighted by Crippen LogP contribution is -2.46. The van der Waals surface area contributed by atoms with Gasteiger partial charge in [-0.3, -0.25) is 23.5 Å². The van der Waals surface area contributed by atoms with Crippen LogP contribution in [0.4, 0.5) is 5.82 Å². The van der Waals surface area contributed by atoms with Crippen LogP contribution in [0, 0.1) is 17.8 Å². The number of amides is 1. The van der Waals surface area contributed by atoms with Crippen molar-refractivity contribution in [3.8, 4) is 0 Å². The van der Waals surface area contributed by atoms with Crippen molar-refractivity contribution in [2.45, 2.75) is 173 Å². The van der Waals surface area contributed by atoms with Crippen LogP contribution in [0.3, 0.4) is 0 Å². The van der Waals surface area contributed by atoms with E-state index in [0.717, 1.165) is 49.5 Å². The second-order valence-electron chi connectivity index (χ2n) is 16.8. The zero-order valence-corrected chi connectivity index (χ0v) is 37.3. The van der Waals surface area contributed by atoms with E-state index in [-0.39, 0.29) is 36.4 Å². The fourth-order valence-electron chi connectivity index (χ4n) is 7.57. The molecular weight excluding hydrogens is 781 g/mol. The van der Waals surface area contributed by atoms with Crippen molar-refractivity contribution in [3.63, 3.8) is 0 Å². The molecule has 3 unspecified atom stereocenters. The Morgan fingerprint density at radius 3 is 1.90 bits per heavy atom. The number of methoxy groups -OCH3 is 2. The third-order valence-electron chi connectivity index (χ3n) is 10.7. The molecule has 1 saturated carbocycles. The lowest BCUT2D eigenvalue weighted by atomic mass is 10.1. The summed E-state index contributed by atoms with van der Waals surface area (Å²) in [6.45, 7) is 9.17. The van der Waals surface area contributed by atoms with Gasteiger partial charge in [-0.15, -0.1) is 0 Å². The van der Waals surface area contributed by atoms with Gasteiger partial charge in [-0.1, -0.05) is 98.1 Å². The maximum atomic E-state index is 14.3. The van der Waals surface area contributed by atoms with Crippen LogP contribution in [-0.2, 0) is 37.7 Å². The molecule has 7 atom stereocenters. The highest BCUT2D eigenvalue weighted by Crippen LogP contribution is 2.62. The number of fused-ring (bicyclic) bond motifs is 1. The van der Waals surface area contributed by atoms with Crippen molar-refractivity contribution in [3.05, 3.63) is 34.9 Å². The van der Waals surface area contributed by atoms with Gasteiger partial charge < -0.3 is 34.3 Å². The van der Waals surface area contributed by atoms with Gasteiger partial charge in [-0.05, 0) is 62.8 Å². The summed E-state index contributed by atoms with van der Waals surface area (Å²) in [5.41, 5.74) is -0.754. The highest BCUT2D eigenvalue weighted by Gasteiger charge is 2.77. The van der Waals surface area contributed by atoms with Gasteiger partial charge in [-0.2, -0.15) is 4.98 Å². The minimum atomic E-state index is -4.28. The van der Waals surface area contributed by atoms with Gasteiger partial charge in [0.25, 0.3) is 0 Å². The number of nitrogens with zero attached hydrogens (tertiary/aromatic N) is 2. The Balaban J connectivity index is 1.50. The minimum absolute atomic E-state index is 0.0179. The maximum absolute atomic E-state index is 14.3. The molecule has 5 N–H and O–H groups in total. The molecule has 3 rings (SSSR count). The molecule has 1 aliphatic carbocycles. The first-order valence-corrected chi connectivity index (χ1v) is 23.3. The summed E-state index contributed by atoms with van der Waals surface area (Å²) in [5, 5.41) is 30.6. The number of rotatable bonds is 30. The zero-order chi connectivity index (χ0) is 43.6. The molecule has 2 fully saturated rings. The number of unbranched alkanes of at least 4 members (excludes halogenated alkanes) is 11. The summed E-state index contributed by atoms with van der Waals surface area (Å²) < 4.78 is 36.9.